The van der Waals surface area contributed by atoms with Crippen molar-refractivity contribution >= 4 is 0 Å². The molecule has 0 saturated heterocycles. The topological polar surface area (TPSA) is 53.2 Å². The number of aliphatic hydroxyl groups is 1. The van der Waals surface area contributed by atoms with Crippen molar-refractivity contribution < 1.29 is 9.84 Å². The third kappa shape index (κ3) is 2.21. The Balaban J connectivity index is 2.10. The molecule has 96 valence electrons. The highest BCUT2D eigenvalue weighted by Crippen LogP contribution is 2.52. The molecular formula is C14H23NO2. The van der Waals surface area contributed by atoms with E-state index in [1.54, 1.807) is 7.11 Å². The van der Waals surface area contributed by atoms with Crippen molar-refractivity contribution in [1.29, 1.82) is 5.26 Å². The monoisotopic (exact) mass is 237 g/mol. The van der Waals surface area contributed by atoms with Gasteiger partial charge in [0.15, 0.2) is 0 Å². The highest BCUT2D eigenvalue weighted by Gasteiger charge is 2.57. The average molecular weight is 237 g/mol. The molecule has 0 atom stereocenters. The van der Waals surface area contributed by atoms with Gasteiger partial charge in [-0.15, -0.1) is 0 Å². The van der Waals surface area contributed by atoms with Crippen LogP contribution in [-0.4, -0.2) is 23.9 Å². The highest BCUT2D eigenvalue weighted by molar-refractivity contribution is 5.17. The Hall–Kier alpha value is -0.590. The molecule has 0 spiro atoms. The molecule has 2 rings (SSSR count). The average Bonchev–Trinajstić information content (AvgIpc) is 2.25. The molecule has 2 fully saturated rings. The molecule has 0 aromatic carbocycles. The Bertz CT molecular complexity index is 294. The number of ether oxygens (including phenoxy) is 1. The largest absolute Gasteiger partial charge is 0.388 e. The first kappa shape index (κ1) is 12.9. The van der Waals surface area contributed by atoms with Gasteiger partial charge in [0.05, 0.1) is 23.2 Å². The van der Waals surface area contributed by atoms with E-state index in [4.69, 9.17) is 4.74 Å². The molecule has 0 bridgehead atoms. The third-order valence-corrected chi connectivity index (χ3v) is 4.78. The van der Waals surface area contributed by atoms with Crippen molar-refractivity contribution in [3.05, 3.63) is 0 Å². The van der Waals surface area contributed by atoms with Crippen LogP contribution in [0.3, 0.4) is 0 Å². The van der Waals surface area contributed by atoms with Crippen LogP contribution in [0.25, 0.3) is 0 Å². The van der Waals surface area contributed by atoms with Crippen molar-refractivity contribution in [2.75, 3.05) is 7.11 Å². The van der Waals surface area contributed by atoms with Crippen LogP contribution in [0, 0.1) is 16.7 Å². The number of nitriles is 1. The van der Waals surface area contributed by atoms with E-state index in [0.29, 0.717) is 12.8 Å². The summed E-state index contributed by atoms with van der Waals surface area (Å²) in [6.07, 6.45) is 8.97. The lowest BCUT2D eigenvalue weighted by Gasteiger charge is -2.52. The van der Waals surface area contributed by atoms with Crippen molar-refractivity contribution in [1.82, 2.24) is 0 Å². The molecule has 3 heteroatoms. The Kier molecular flexibility index (Phi) is 3.75. The van der Waals surface area contributed by atoms with Crippen molar-refractivity contribution in [3.8, 4) is 6.07 Å². The molecule has 1 N–H and O–H groups in total. The number of hydrogen-bond acceptors (Lipinski definition) is 3. The van der Waals surface area contributed by atoms with Gasteiger partial charge in [-0.1, -0.05) is 32.1 Å². The second kappa shape index (κ2) is 4.96. The van der Waals surface area contributed by atoms with Crippen LogP contribution in [0.5, 0.6) is 0 Å². The van der Waals surface area contributed by atoms with Gasteiger partial charge in [-0.25, -0.2) is 0 Å². The first-order chi connectivity index (χ1) is 8.16. The van der Waals surface area contributed by atoms with E-state index in [9.17, 15) is 10.4 Å². The van der Waals surface area contributed by atoms with Crippen LogP contribution in [0.4, 0.5) is 0 Å². The predicted molar refractivity (Wildman–Crippen MR) is 65.3 cm³/mol. The van der Waals surface area contributed by atoms with Crippen LogP contribution >= 0.6 is 0 Å². The van der Waals surface area contributed by atoms with Gasteiger partial charge < -0.3 is 9.84 Å². The number of hydrogen-bond donors (Lipinski definition) is 1. The van der Waals surface area contributed by atoms with Crippen LogP contribution in [0.2, 0.25) is 0 Å². The summed E-state index contributed by atoms with van der Waals surface area (Å²) in [5, 5.41) is 20.3. The standard InChI is InChI=1S/C14H23NO2/c1-17-12-9-14(16,10-12)13(11-15)7-5-3-2-4-6-8-13/h12,16H,2-10H2,1H3. The maximum atomic E-state index is 10.7. The Labute approximate surface area is 104 Å². The van der Waals surface area contributed by atoms with Crippen LogP contribution < -0.4 is 0 Å². The molecular weight excluding hydrogens is 214 g/mol. The predicted octanol–water partition coefficient (Wildman–Crippen LogP) is 2.78. The first-order valence-electron chi connectivity index (χ1n) is 6.82. The van der Waals surface area contributed by atoms with E-state index in [-0.39, 0.29) is 6.10 Å². The van der Waals surface area contributed by atoms with E-state index >= 15 is 0 Å². The van der Waals surface area contributed by atoms with Gasteiger partial charge in [-0.05, 0) is 12.8 Å². The van der Waals surface area contributed by atoms with Gasteiger partial charge >= 0.3 is 0 Å². The maximum absolute atomic E-state index is 10.7. The first-order valence-corrected chi connectivity index (χ1v) is 6.82. The van der Waals surface area contributed by atoms with Gasteiger partial charge in [0.2, 0.25) is 0 Å². The summed E-state index contributed by atoms with van der Waals surface area (Å²) in [5.41, 5.74) is -1.30. The zero-order chi connectivity index (χ0) is 12.4. The van der Waals surface area contributed by atoms with Crippen LogP contribution in [0.15, 0.2) is 0 Å². The second-order valence-electron chi connectivity index (χ2n) is 5.76. The lowest BCUT2D eigenvalue weighted by atomic mass is 9.56. The fraction of sp³-hybridized carbons (Fsp3) is 0.929. The summed E-state index contributed by atoms with van der Waals surface area (Å²) in [7, 11) is 1.68. The fourth-order valence-electron chi connectivity index (χ4n) is 3.44. The second-order valence-corrected chi connectivity index (χ2v) is 5.76. The lowest BCUT2D eigenvalue weighted by molar-refractivity contribution is -0.185. The summed E-state index contributed by atoms with van der Waals surface area (Å²) < 4.78 is 5.25. The van der Waals surface area contributed by atoms with E-state index in [0.717, 1.165) is 25.7 Å². The maximum Gasteiger partial charge on any atom is 0.0882 e. The Morgan fingerprint density at radius 2 is 1.65 bits per heavy atom. The van der Waals surface area contributed by atoms with Gasteiger partial charge in [0.1, 0.15) is 0 Å². The smallest absolute Gasteiger partial charge is 0.0882 e. The fourth-order valence-corrected chi connectivity index (χ4v) is 3.44. The van der Waals surface area contributed by atoms with Crippen molar-refractivity contribution in [2.24, 2.45) is 5.41 Å². The van der Waals surface area contributed by atoms with E-state index in [2.05, 4.69) is 6.07 Å². The van der Waals surface area contributed by atoms with Crippen molar-refractivity contribution in [3.63, 3.8) is 0 Å². The van der Waals surface area contributed by atoms with Gasteiger partial charge in [-0.3, -0.25) is 0 Å². The molecule has 0 radical (unpaired) electrons. The minimum atomic E-state index is -0.792. The third-order valence-electron chi connectivity index (χ3n) is 4.78. The Morgan fingerprint density at radius 1 is 1.12 bits per heavy atom. The zero-order valence-corrected chi connectivity index (χ0v) is 10.7. The molecule has 0 unspecified atom stereocenters. The van der Waals surface area contributed by atoms with Crippen LogP contribution in [-0.2, 0) is 4.74 Å². The van der Waals surface area contributed by atoms with Gasteiger partial charge in [0, 0.05) is 20.0 Å². The molecule has 2 aliphatic carbocycles. The molecule has 0 aromatic heterocycles. The number of methoxy groups -OCH3 is 1. The molecule has 3 nitrogen and oxygen atoms in total. The summed E-state index contributed by atoms with van der Waals surface area (Å²) in [6, 6.07) is 2.47. The minimum Gasteiger partial charge on any atom is -0.388 e. The minimum absolute atomic E-state index is 0.149. The summed E-state index contributed by atoms with van der Waals surface area (Å²) in [6.45, 7) is 0. The normalized spacial score (nSPS) is 37.4. The highest BCUT2D eigenvalue weighted by atomic mass is 16.5. The summed E-state index contributed by atoms with van der Waals surface area (Å²) in [4.78, 5) is 0. The van der Waals surface area contributed by atoms with Crippen molar-refractivity contribution in [2.45, 2.75) is 69.5 Å². The molecule has 0 aromatic rings. The molecule has 0 heterocycles. The van der Waals surface area contributed by atoms with E-state index < -0.39 is 11.0 Å². The molecule has 17 heavy (non-hydrogen) atoms. The Morgan fingerprint density at radius 3 is 2.12 bits per heavy atom. The lowest BCUT2D eigenvalue weighted by Crippen LogP contribution is -2.59. The van der Waals surface area contributed by atoms with E-state index in [1.165, 1.54) is 19.3 Å². The zero-order valence-electron chi connectivity index (χ0n) is 10.7. The number of nitrogens with zero attached hydrogens (tertiary/aromatic N) is 1. The number of rotatable bonds is 2. The molecule has 0 amide bonds. The van der Waals surface area contributed by atoms with E-state index in [1.807, 2.05) is 0 Å². The molecule has 2 aliphatic rings. The van der Waals surface area contributed by atoms with Crippen LogP contribution in [0.1, 0.15) is 57.8 Å². The summed E-state index contributed by atoms with van der Waals surface area (Å²) >= 11 is 0. The van der Waals surface area contributed by atoms with Gasteiger partial charge in [-0.2, -0.15) is 5.26 Å². The van der Waals surface area contributed by atoms with Gasteiger partial charge in [0.25, 0.3) is 0 Å². The summed E-state index contributed by atoms with van der Waals surface area (Å²) in [5.74, 6) is 0. The quantitative estimate of drug-likeness (QED) is 0.803. The SMILES string of the molecule is COC1CC(O)(C2(C#N)CCCCCCC2)C1. The molecule has 2 saturated carbocycles. The molecule has 0 aliphatic heterocycles.